The number of aromatic nitrogens is 2. The molecule has 1 aromatic heterocycles. The van der Waals surface area contributed by atoms with E-state index in [-0.39, 0.29) is 16.1 Å². The zero-order valence-electron chi connectivity index (χ0n) is 17.1. The van der Waals surface area contributed by atoms with Crippen LogP contribution < -0.4 is 5.32 Å². The van der Waals surface area contributed by atoms with Crippen LogP contribution in [0.1, 0.15) is 46.5 Å². The van der Waals surface area contributed by atoms with E-state index in [0.717, 1.165) is 43.5 Å². The standard InChI is InChI=1S/C18H25N5O4S3/c1-18(2,3)19-16-20-21-17(29-16)28-15-9-8-13(12-14(15)23(24)25)30(26,27)22-10-6-4-5-7-11-22/h8-9,12H,4-7,10-11H2,1-3H3,(H,19,20). The van der Waals surface area contributed by atoms with Gasteiger partial charge in [0, 0.05) is 24.7 Å². The molecule has 1 aromatic carbocycles. The fraction of sp³-hybridized carbons (Fsp3) is 0.556. The molecule has 9 nitrogen and oxygen atoms in total. The summed E-state index contributed by atoms with van der Waals surface area (Å²) in [6.45, 7) is 6.88. The lowest BCUT2D eigenvalue weighted by atomic mass is 10.1. The molecular formula is C18H25N5O4S3. The van der Waals surface area contributed by atoms with E-state index in [2.05, 4.69) is 15.5 Å². The van der Waals surface area contributed by atoms with E-state index < -0.39 is 14.9 Å². The molecule has 164 valence electrons. The third-order valence-corrected chi connectivity index (χ3v) is 8.26. The smallest absolute Gasteiger partial charge is 0.284 e. The van der Waals surface area contributed by atoms with Crippen molar-refractivity contribution in [1.82, 2.24) is 14.5 Å². The number of rotatable bonds is 6. The van der Waals surface area contributed by atoms with Crippen LogP contribution in [0.3, 0.4) is 0 Å². The zero-order chi connectivity index (χ0) is 21.9. The van der Waals surface area contributed by atoms with Crippen molar-refractivity contribution in [3.8, 4) is 0 Å². The summed E-state index contributed by atoms with van der Waals surface area (Å²) in [7, 11) is -3.76. The minimum atomic E-state index is -3.76. The van der Waals surface area contributed by atoms with Crippen LogP contribution in [0.15, 0.2) is 32.3 Å². The maximum absolute atomic E-state index is 13.0. The first-order valence-electron chi connectivity index (χ1n) is 9.64. The first kappa shape index (κ1) is 22.9. The van der Waals surface area contributed by atoms with Gasteiger partial charge in [-0.15, -0.1) is 10.2 Å². The van der Waals surface area contributed by atoms with E-state index in [0.29, 0.717) is 27.5 Å². The molecule has 2 aromatic rings. The Morgan fingerprint density at radius 2 is 1.83 bits per heavy atom. The van der Waals surface area contributed by atoms with E-state index in [1.165, 1.54) is 27.8 Å². The second-order valence-corrected chi connectivity index (χ2v) is 12.3. The first-order chi connectivity index (χ1) is 14.1. The largest absolute Gasteiger partial charge is 0.355 e. The number of benzene rings is 1. The predicted octanol–water partition coefficient (Wildman–Crippen LogP) is 4.37. The molecule has 0 bridgehead atoms. The predicted molar refractivity (Wildman–Crippen MR) is 118 cm³/mol. The topological polar surface area (TPSA) is 118 Å². The van der Waals surface area contributed by atoms with Gasteiger partial charge in [-0.3, -0.25) is 10.1 Å². The minimum absolute atomic E-state index is 0.0483. The summed E-state index contributed by atoms with van der Waals surface area (Å²) in [5.41, 5.74) is -0.437. The summed E-state index contributed by atoms with van der Waals surface area (Å²) in [6, 6.07) is 4.06. The van der Waals surface area contributed by atoms with Crippen LogP contribution in [0.5, 0.6) is 0 Å². The molecule has 0 saturated carbocycles. The van der Waals surface area contributed by atoms with Gasteiger partial charge in [0.1, 0.15) is 0 Å². The fourth-order valence-electron chi connectivity index (χ4n) is 3.03. The number of hydrogen-bond donors (Lipinski definition) is 1. The molecule has 0 atom stereocenters. The van der Waals surface area contributed by atoms with Gasteiger partial charge in [-0.05, 0) is 57.5 Å². The van der Waals surface area contributed by atoms with Gasteiger partial charge in [0.2, 0.25) is 15.2 Å². The molecule has 30 heavy (non-hydrogen) atoms. The van der Waals surface area contributed by atoms with Gasteiger partial charge in [-0.2, -0.15) is 4.31 Å². The van der Waals surface area contributed by atoms with Crippen molar-refractivity contribution >= 4 is 43.9 Å². The van der Waals surface area contributed by atoms with Gasteiger partial charge >= 0.3 is 0 Å². The van der Waals surface area contributed by atoms with Crippen molar-refractivity contribution in [1.29, 1.82) is 0 Å². The summed E-state index contributed by atoms with van der Waals surface area (Å²) in [5.74, 6) is 0. The van der Waals surface area contributed by atoms with E-state index in [1.54, 1.807) is 0 Å². The fourth-order valence-corrected chi connectivity index (χ4v) is 6.57. The van der Waals surface area contributed by atoms with Gasteiger partial charge < -0.3 is 5.32 Å². The Morgan fingerprint density at radius 3 is 2.43 bits per heavy atom. The molecular weight excluding hydrogens is 446 g/mol. The molecule has 0 radical (unpaired) electrons. The van der Waals surface area contributed by atoms with Crippen molar-refractivity contribution in [2.75, 3.05) is 18.4 Å². The van der Waals surface area contributed by atoms with Crippen molar-refractivity contribution in [2.45, 2.75) is 66.1 Å². The lowest BCUT2D eigenvalue weighted by Crippen LogP contribution is -2.31. The maximum atomic E-state index is 13.0. The first-order valence-corrected chi connectivity index (χ1v) is 12.7. The Morgan fingerprint density at radius 1 is 1.17 bits per heavy atom. The van der Waals surface area contributed by atoms with E-state index >= 15 is 0 Å². The molecule has 12 heteroatoms. The minimum Gasteiger partial charge on any atom is -0.355 e. The third-order valence-electron chi connectivity index (χ3n) is 4.42. The number of nitrogens with zero attached hydrogens (tertiary/aromatic N) is 4. The average molecular weight is 472 g/mol. The van der Waals surface area contributed by atoms with Crippen LogP contribution in [-0.4, -0.2) is 46.5 Å². The molecule has 3 rings (SSSR count). The molecule has 1 fully saturated rings. The van der Waals surface area contributed by atoms with Crippen molar-refractivity contribution in [2.24, 2.45) is 0 Å². The molecule has 1 N–H and O–H groups in total. The van der Waals surface area contributed by atoms with E-state index in [4.69, 9.17) is 0 Å². The Kier molecular flexibility index (Phi) is 7.00. The number of nitro groups is 1. The molecule has 1 saturated heterocycles. The van der Waals surface area contributed by atoms with Crippen LogP contribution >= 0.6 is 23.1 Å². The molecule has 1 aliphatic rings. The van der Waals surface area contributed by atoms with Crippen LogP contribution in [0.4, 0.5) is 10.8 Å². The highest BCUT2D eigenvalue weighted by Crippen LogP contribution is 2.39. The zero-order valence-corrected chi connectivity index (χ0v) is 19.6. The lowest BCUT2D eigenvalue weighted by molar-refractivity contribution is -0.388. The molecule has 0 aliphatic carbocycles. The SMILES string of the molecule is CC(C)(C)Nc1nnc(Sc2ccc(S(=O)(=O)N3CCCCCC3)cc2[N+](=O)[O-])s1. The maximum Gasteiger partial charge on any atom is 0.284 e. The summed E-state index contributed by atoms with van der Waals surface area (Å²) in [4.78, 5) is 11.4. The van der Waals surface area contributed by atoms with E-state index in [1.807, 2.05) is 20.8 Å². The number of nitrogens with one attached hydrogen (secondary N) is 1. The van der Waals surface area contributed by atoms with Gasteiger partial charge in [0.05, 0.1) is 14.7 Å². The number of sulfonamides is 1. The Balaban J connectivity index is 1.86. The number of anilines is 1. The summed E-state index contributed by atoms with van der Waals surface area (Å²) >= 11 is 2.39. The Labute approximate surface area is 184 Å². The molecule has 0 amide bonds. The van der Waals surface area contributed by atoms with Crippen LogP contribution in [0, 0.1) is 10.1 Å². The van der Waals surface area contributed by atoms with Crippen molar-refractivity contribution in [3.63, 3.8) is 0 Å². The molecule has 1 aliphatic heterocycles. The Bertz CT molecular complexity index is 1010. The normalized spacial score (nSPS) is 16.2. The lowest BCUT2D eigenvalue weighted by Gasteiger charge is -2.20. The quantitative estimate of drug-likeness (QED) is 0.487. The second-order valence-electron chi connectivity index (χ2n) is 8.06. The van der Waals surface area contributed by atoms with Gasteiger partial charge in [-0.1, -0.05) is 24.2 Å². The van der Waals surface area contributed by atoms with Crippen LogP contribution in [0.2, 0.25) is 0 Å². The van der Waals surface area contributed by atoms with Gasteiger partial charge in [0.25, 0.3) is 5.69 Å². The Hall–Kier alpha value is -1.76. The third kappa shape index (κ3) is 5.68. The molecule has 2 heterocycles. The van der Waals surface area contributed by atoms with Crippen molar-refractivity contribution < 1.29 is 13.3 Å². The monoisotopic (exact) mass is 471 g/mol. The number of hydrogen-bond acceptors (Lipinski definition) is 9. The summed E-state index contributed by atoms with van der Waals surface area (Å²) < 4.78 is 27.9. The van der Waals surface area contributed by atoms with Crippen LogP contribution in [0.25, 0.3) is 0 Å². The average Bonchev–Trinajstić information content (AvgIpc) is 2.91. The van der Waals surface area contributed by atoms with Gasteiger partial charge in [0.15, 0.2) is 4.34 Å². The van der Waals surface area contributed by atoms with Crippen molar-refractivity contribution in [3.05, 3.63) is 28.3 Å². The van der Waals surface area contributed by atoms with E-state index in [9.17, 15) is 18.5 Å². The van der Waals surface area contributed by atoms with Crippen LogP contribution in [-0.2, 0) is 10.0 Å². The highest BCUT2D eigenvalue weighted by molar-refractivity contribution is 8.01. The highest BCUT2D eigenvalue weighted by Gasteiger charge is 2.28. The molecule has 0 spiro atoms. The van der Waals surface area contributed by atoms with Gasteiger partial charge in [-0.25, -0.2) is 8.42 Å². The second kappa shape index (κ2) is 9.16. The molecule has 0 unspecified atom stereocenters. The number of nitro benzene ring substituents is 1. The summed E-state index contributed by atoms with van der Waals surface area (Å²) in [6.07, 6.45) is 3.60. The highest BCUT2D eigenvalue weighted by atomic mass is 32.2. The summed E-state index contributed by atoms with van der Waals surface area (Å²) in [5, 5.41) is 23.6.